The summed E-state index contributed by atoms with van der Waals surface area (Å²) in [4.78, 5) is 0. The zero-order valence-corrected chi connectivity index (χ0v) is 15.1. The van der Waals surface area contributed by atoms with E-state index >= 15 is 0 Å². The van der Waals surface area contributed by atoms with Gasteiger partial charge in [0.05, 0.1) is 7.11 Å². The van der Waals surface area contributed by atoms with Crippen LogP contribution in [-0.2, 0) is 0 Å². The molecular weight excluding hydrogens is 347 g/mol. The van der Waals surface area contributed by atoms with Crippen molar-refractivity contribution in [3.05, 3.63) is 54.1 Å². The highest BCUT2D eigenvalue weighted by atomic mass is 32.2. The average molecular weight is 369 g/mol. The predicted molar refractivity (Wildman–Crippen MR) is 98.0 cm³/mol. The summed E-state index contributed by atoms with van der Waals surface area (Å²) < 4.78 is 41.6. The van der Waals surface area contributed by atoms with Gasteiger partial charge in [0, 0.05) is 17.4 Å². The van der Waals surface area contributed by atoms with Gasteiger partial charge in [-0.3, -0.25) is 0 Å². The Bertz CT molecular complexity index is 658. The minimum Gasteiger partial charge on any atom is -0.496 e. The second-order valence-electron chi connectivity index (χ2n) is 5.65. The highest BCUT2D eigenvalue weighted by Crippen LogP contribution is 2.31. The molecule has 2 aromatic carbocycles. The van der Waals surface area contributed by atoms with Gasteiger partial charge in [-0.15, -0.1) is 0 Å². The molecule has 0 saturated carbocycles. The van der Waals surface area contributed by atoms with E-state index < -0.39 is 5.51 Å². The Morgan fingerprint density at radius 2 is 1.76 bits per heavy atom. The number of thioether (sulfide) groups is 1. The maximum absolute atomic E-state index is 12.1. The number of nitrogens with one attached hydrogen (secondary N) is 1. The lowest BCUT2D eigenvalue weighted by molar-refractivity contribution is -0.0327. The second-order valence-corrected chi connectivity index (χ2v) is 6.81. The standard InChI is InChI=1S/C19H22F3NOS/c1-14(23-12-5-13-25-19(20,21)22)15-8-10-16(11-9-15)17-6-3-4-7-18(17)24-2/h3-4,6-11,14,23H,5,12-13H2,1-2H3. The number of ether oxygens (including phenoxy) is 1. The van der Waals surface area contributed by atoms with Gasteiger partial charge in [-0.05, 0) is 37.1 Å². The molecule has 1 unspecified atom stereocenters. The van der Waals surface area contributed by atoms with Crippen LogP contribution in [0.1, 0.15) is 24.9 Å². The Morgan fingerprint density at radius 3 is 2.40 bits per heavy atom. The number of benzene rings is 2. The summed E-state index contributed by atoms with van der Waals surface area (Å²) in [6, 6.07) is 16.0. The van der Waals surface area contributed by atoms with Crippen LogP contribution in [0.25, 0.3) is 11.1 Å². The van der Waals surface area contributed by atoms with E-state index in [0.717, 1.165) is 22.4 Å². The maximum atomic E-state index is 12.1. The number of methoxy groups -OCH3 is 1. The summed E-state index contributed by atoms with van der Waals surface area (Å²) in [6.45, 7) is 2.56. The van der Waals surface area contributed by atoms with E-state index in [4.69, 9.17) is 4.74 Å². The van der Waals surface area contributed by atoms with Crippen molar-refractivity contribution in [3.8, 4) is 16.9 Å². The van der Waals surface area contributed by atoms with E-state index in [1.165, 1.54) is 0 Å². The van der Waals surface area contributed by atoms with E-state index in [-0.39, 0.29) is 23.6 Å². The van der Waals surface area contributed by atoms with Gasteiger partial charge in [-0.2, -0.15) is 13.2 Å². The molecule has 0 radical (unpaired) electrons. The number of alkyl halides is 3. The number of halogens is 3. The second kappa shape index (κ2) is 9.15. The SMILES string of the molecule is COc1ccccc1-c1ccc(C(C)NCCCSC(F)(F)F)cc1. The molecule has 0 heterocycles. The molecule has 0 amide bonds. The quantitative estimate of drug-likeness (QED) is 0.607. The van der Waals surface area contributed by atoms with Crippen molar-refractivity contribution in [2.24, 2.45) is 0 Å². The van der Waals surface area contributed by atoms with Crippen LogP contribution >= 0.6 is 11.8 Å². The molecule has 0 spiro atoms. The topological polar surface area (TPSA) is 21.3 Å². The summed E-state index contributed by atoms with van der Waals surface area (Å²) >= 11 is 0.0322. The first-order chi connectivity index (χ1) is 11.9. The third kappa shape index (κ3) is 6.29. The number of para-hydroxylation sites is 1. The number of hydrogen-bond acceptors (Lipinski definition) is 3. The molecule has 0 saturated heterocycles. The first-order valence-electron chi connectivity index (χ1n) is 8.08. The van der Waals surface area contributed by atoms with Crippen molar-refractivity contribution in [3.63, 3.8) is 0 Å². The summed E-state index contributed by atoms with van der Waals surface area (Å²) in [6.07, 6.45) is 0.480. The zero-order valence-electron chi connectivity index (χ0n) is 14.3. The van der Waals surface area contributed by atoms with Crippen molar-refractivity contribution in [1.82, 2.24) is 5.32 Å². The lowest BCUT2D eigenvalue weighted by Crippen LogP contribution is -2.20. The van der Waals surface area contributed by atoms with Gasteiger partial charge in [0.15, 0.2) is 0 Å². The molecule has 1 atom stereocenters. The minimum absolute atomic E-state index is 0.0322. The largest absolute Gasteiger partial charge is 0.496 e. The van der Waals surface area contributed by atoms with Crippen molar-refractivity contribution in [2.75, 3.05) is 19.4 Å². The molecule has 0 fully saturated rings. The summed E-state index contributed by atoms with van der Waals surface area (Å²) in [7, 11) is 1.65. The number of rotatable bonds is 8. The molecule has 0 aromatic heterocycles. The third-order valence-corrected chi connectivity index (χ3v) is 4.69. The Balaban J connectivity index is 1.89. The van der Waals surface area contributed by atoms with Gasteiger partial charge in [-0.1, -0.05) is 54.2 Å². The van der Waals surface area contributed by atoms with Crippen LogP contribution in [-0.4, -0.2) is 24.9 Å². The van der Waals surface area contributed by atoms with Crippen LogP contribution in [0.3, 0.4) is 0 Å². The molecule has 0 aliphatic carbocycles. The zero-order chi connectivity index (χ0) is 18.3. The van der Waals surface area contributed by atoms with E-state index in [0.29, 0.717) is 13.0 Å². The van der Waals surface area contributed by atoms with Crippen LogP contribution in [0.2, 0.25) is 0 Å². The van der Waals surface area contributed by atoms with Gasteiger partial charge in [0.1, 0.15) is 5.75 Å². The first kappa shape index (κ1) is 19.7. The van der Waals surface area contributed by atoms with Crippen LogP contribution in [0.5, 0.6) is 5.75 Å². The molecule has 1 N–H and O–H groups in total. The monoisotopic (exact) mass is 369 g/mol. The molecule has 2 aromatic rings. The molecular formula is C19H22F3NOS. The molecule has 2 rings (SSSR count). The Kier molecular flexibility index (Phi) is 7.20. The smallest absolute Gasteiger partial charge is 0.441 e. The van der Waals surface area contributed by atoms with Gasteiger partial charge in [-0.25, -0.2) is 0 Å². The molecule has 0 aliphatic rings. The third-order valence-electron chi connectivity index (χ3n) is 3.87. The molecule has 2 nitrogen and oxygen atoms in total. The molecule has 25 heavy (non-hydrogen) atoms. The molecule has 0 aliphatic heterocycles. The van der Waals surface area contributed by atoms with Crippen LogP contribution in [0, 0.1) is 0 Å². The number of hydrogen-bond donors (Lipinski definition) is 1. The normalized spacial score (nSPS) is 12.8. The van der Waals surface area contributed by atoms with E-state index in [2.05, 4.69) is 5.32 Å². The minimum atomic E-state index is -4.14. The summed E-state index contributed by atoms with van der Waals surface area (Å²) in [5.41, 5.74) is -0.946. The highest BCUT2D eigenvalue weighted by Gasteiger charge is 2.27. The van der Waals surface area contributed by atoms with E-state index in [1.807, 2.05) is 55.5 Å². The molecule has 0 bridgehead atoms. The highest BCUT2D eigenvalue weighted by molar-refractivity contribution is 8.00. The van der Waals surface area contributed by atoms with Crippen molar-refractivity contribution in [2.45, 2.75) is 24.9 Å². The molecule has 6 heteroatoms. The van der Waals surface area contributed by atoms with Crippen LogP contribution < -0.4 is 10.1 Å². The van der Waals surface area contributed by atoms with Crippen LogP contribution in [0.4, 0.5) is 13.2 Å². The van der Waals surface area contributed by atoms with Gasteiger partial charge in [0.25, 0.3) is 0 Å². The fourth-order valence-corrected chi connectivity index (χ4v) is 3.05. The predicted octanol–water partition coefficient (Wildman–Crippen LogP) is 5.66. The Hall–Kier alpha value is -1.66. The fourth-order valence-electron chi connectivity index (χ4n) is 2.53. The Morgan fingerprint density at radius 1 is 1.08 bits per heavy atom. The lowest BCUT2D eigenvalue weighted by atomic mass is 10.0. The van der Waals surface area contributed by atoms with E-state index in [1.54, 1.807) is 7.11 Å². The fraction of sp³-hybridized carbons (Fsp3) is 0.368. The van der Waals surface area contributed by atoms with Crippen LogP contribution in [0.15, 0.2) is 48.5 Å². The van der Waals surface area contributed by atoms with Crippen molar-refractivity contribution >= 4 is 11.8 Å². The van der Waals surface area contributed by atoms with Gasteiger partial charge in [0.2, 0.25) is 0 Å². The summed E-state index contributed by atoms with van der Waals surface area (Å²) in [5, 5.41) is 3.26. The van der Waals surface area contributed by atoms with Crippen molar-refractivity contribution in [1.29, 1.82) is 0 Å². The van der Waals surface area contributed by atoms with Crippen molar-refractivity contribution < 1.29 is 17.9 Å². The summed E-state index contributed by atoms with van der Waals surface area (Å²) in [5.74, 6) is 0.902. The maximum Gasteiger partial charge on any atom is 0.441 e. The molecule has 136 valence electrons. The average Bonchev–Trinajstić information content (AvgIpc) is 2.60. The van der Waals surface area contributed by atoms with E-state index in [9.17, 15) is 13.2 Å². The lowest BCUT2D eigenvalue weighted by Gasteiger charge is -2.15. The van der Waals surface area contributed by atoms with Gasteiger partial charge >= 0.3 is 5.51 Å². The Labute approximate surface area is 150 Å². The van der Waals surface area contributed by atoms with Gasteiger partial charge < -0.3 is 10.1 Å². The first-order valence-corrected chi connectivity index (χ1v) is 9.06.